The van der Waals surface area contributed by atoms with E-state index in [1.165, 1.54) is 0 Å². The molecule has 0 unspecified atom stereocenters. The van der Waals surface area contributed by atoms with E-state index in [4.69, 9.17) is 9.84 Å². The van der Waals surface area contributed by atoms with Gasteiger partial charge in [-0.2, -0.15) is 10.4 Å². The number of benzene rings is 4. The Hall–Kier alpha value is -5.41. The Morgan fingerprint density at radius 1 is 0.868 bits per heavy atom. The number of allylic oxidation sites excluding steroid dienone is 1. The number of aromatic nitrogens is 4. The van der Waals surface area contributed by atoms with Gasteiger partial charge in [0, 0.05) is 17.3 Å². The molecule has 0 aliphatic rings. The van der Waals surface area contributed by atoms with Crippen LogP contribution in [0, 0.1) is 11.3 Å². The fourth-order valence-corrected chi connectivity index (χ4v) is 4.27. The highest BCUT2D eigenvalue weighted by Gasteiger charge is 2.15. The summed E-state index contributed by atoms with van der Waals surface area (Å²) in [5.74, 6) is 1.30. The SMILES string of the molecule is N#CC(=Cc1cn(-c2ccccc2)nc1-c1ccc(OCc2ccccc2)cc1)c1nc2ccccc2[nH]1. The number of H-pyrrole nitrogens is 1. The molecule has 2 aromatic heterocycles. The summed E-state index contributed by atoms with van der Waals surface area (Å²) in [6, 6.07) is 37.9. The molecule has 6 heteroatoms. The van der Waals surface area contributed by atoms with Crippen molar-refractivity contribution in [3.05, 3.63) is 132 Å². The molecule has 0 amide bonds. The highest BCUT2D eigenvalue weighted by Crippen LogP contribution is 2.29. The second-order valence-electron chi connectivity index (χ2n) is 8.78. The van der Waals surface area contributed by atoms with Gasteiger partial charge in [0.1, 0.15) is 24.3 Å². The van der Waals surface area contributed by atoms with Crippen molar-refractivity contribution in [1.82, 2.24) is 19.7 Å². The summed E-state index contributed by atoms with van der Waals surface area (Å²) >= 11 is 0. The molecule has 6 aromatic rings. The van der Waals surface area contributed by atoms with Crippen LogP contribution in [0.3, 0.4) is 0 Å². The lowest BCUT2D eigenvalue weighted by atomic mass is 10.1. The molecule has 0 bridgehead atoms. The highest BCUT2D eigenvalue weighted by molar-refractivity contribution is 5.92. The zero-order chi connectivity index (χ0) is 25.7. The molecule has 0 aliphatic heterocycles. The predicted octanol–water partition coefficient (Wildman–Crippen LogP) is 7.06. The maximum atomic E-state index is 10.0. The largest absolute Gasteiger partial charge is 0.489 e. The van der Waals surface area contributed by atoms with Crippen molar-refractivity contribution in [2.75, 3.05) is 0 Å². The Balaban J connectivity index is 1.36. The average Bonchev–Trinajstić information content (AvgIpc) is 3.61. The van der Waals surface area contributed by atoms with Gasteiger partial charge in [0.15, 0.2) is 0 Å². The lowest BCUT2D eigenvalue weighted by molar-refractivity contribution is 0.306. The number of rotatable bonds is 7. The van der Waals surface area contributed by atoms with Crippen LogP contribution in [0.15, 0.2) is 115 Å². The van der Waals surface area contributed by atoms with Crippen LogP contribution in [0.4, 0.5) is 0 Å². The van der Waals surface area contributed by atoms with Gasteiger partial charge in [-0.15, -0.1) is 0 Å². The van der Waals surface area contributed by atoms with Gasteiger partial charge in [-0.25, -0.2) is 9.67 Å². The number of nitrogens with one attached hydrogen (secondary N) is 1. The molecule has 0 radical (unpaired) electrons. The van der Waals surface area contributed by atoms with Crippen molar-refractivity contribution < 1.29 is 4.74 Å². The van der Waals surface area contributed by atoms with E-state index in [2.05, 4.69) is 16.0 Å². The van der Waals surface area contributed by atoms with E-state index < -0.39 is 0 Å². The Kier molecular flexibility index (Phi) is 6.23. The lowest BCUT2D eigenvalue weighted by Crippen LogP contribution is -1.95. The second kappa shape index (κ2) is 10.3. The van der Waals surface area contributed by atoms with Crippen LogP contribution < -0.4 is 4.74 Å². The van der Waals surface area contributed by atoms with Crippen LogP contribution in [0.25, 0.3) is 39.6 Å². The minimum atomic E-state index is 0.429. The van der Waals surface area contributed by atoms with Gasteiger partial charge in [0.25, 0.3) is 0 Å². The van der Waals surface area contributed by atoms with E-state index in [0.717, 1.165) is 44.9 Å². The van der Waals surface area contributed by atoms with Gasteiger partial charge in [0.2, 0.25) is 0 Å². The third kappa shape index (κ3) is 4.81. The first-order valence-electron chi connectivity index (χ1n) is 12.3. The van der Waals surface area contributed by atoms with Crippen LogP contribution in [0.1, 0.15) is 17.0 Å². The number of para-hydroxylation sites is 3. The number of nitrogens with zero attached hydrogens (tertiary/aromatic N) is 4. The summed E-state index contributed by atoms with van der Waals surface area (Å²) in [6.07, 6.45) is 3.77. The first kappa shape index (κ1) is 23.0. The molecule has 0 fully saturated rings. The quantitative estimate of drug-likeness (QED) is 0.242. The maximum absolute atomic E-state index is 10.0. The van der Waals surface area contributed by atoms with Crippen molar-refractivity contribution in [1.29, 1.82) is 5.26 Å². The molecule has 4 aromatic carbocycles. The van der Waals surface area contributed by atoms with Crippen molar-refractivity contribution in [2.24, 2.45) is 0 Å². The number of aromatic amines is 1. The van der Waals surface area contributed by atoms with E-state index in [9.17, 15) is 5.26 Å². The first-order chi connectivity index (χ1) is 18.8. The predicted molar refractivity (Wildman–Crippen MR) is 149 cm³/mol. The van der Waals surface area contributed by atoms with Gasteiger partial charge >= 0.3 is 0 Å². The molecule has 6 rings (SSSR count). The molecule has 0 atom stereocenters. The smallest absolute Gasteiger partial charge is 0.149 e. The molecular weight excluding hydrogens is 470 g/mol. The standard InChI is InChI=1S/C32H23N5O/c33-20-25(32-34-29-13-7-8-14-30(29)35-32)19-26-21-37(27-11-5-2-6-12-27)36-31(26)24-15-17-28(18-16-24)38-22-23-9-3-1-4-10-23/h1-19,21H,22H2,(H,34,35). The number of ether oxygens (including phenoxy) is 1. The van der Waals surface area contributed by atoms with Crippen molar-refractivity contribution in [3.63, 3.8) is 0 Å². The maximum Gasteiger partial charge on any atom is 0.149 e. The number of fused-ring (bicyclic) bond motifs is 1. The minimum absolute atomic E-state index is 0.429. The van der Waals surface area contributed by atoms with Crippen molar-refractivity contribution in [3.8, 4) is 28.8 Å². The van der Waals surface area contributed by atoms with Crippen molar-refractivity contribution in [2.45, 2.75) is 6.61 Å². The Bertz CT molecular complexity index is 1730. The fourth-order valence-electron chi connectivity index (χ4n) is 4.27. The number of imidazole rings is 1. The Labute approximate surface area is 220 Å². The van der Waals surface area contributed by atoms with Gasteiger partial charge in [-0.3, -0.25) is 0 Å². The van der Waals surface area contributed by atoms with E-state index in [-0.39, 0.29) is 0 Å². The molecule has 2 heterocycles. The van der Waals surface area contributed by atoms with Gasteiger partial charge in [-0.1, -0.05) is 60.7 Å². The number of hydrogen-bond donors (Lipinski definition) is 1. The number of hydrogen-bond acceptors (Lipinski definition) is 4. The van der Waals surface area contributed by atoms with Crippen molar-refractivity contribution >= 4 is 22.7 Å². The molecule has 6 nitrogen and oxygen atoms in total. The molecule has 0 aliphatic carbocycles. The monoisotopic (exact) mass is 493 g/mol. The normalized spacial score (nSPS) is 11.4. The summed E-state index contributed by atoms with van der Waals surface area (Å²) in [6.45, 7) is 0.500. The van der Waals surface area contributed by atoms with E-state index >= 15 is 0 Å². The van der Waals surface area contributed by atoms with Crippen LogP contribution in [0.5, 0.6) is 5.75 Å². The fraction of sp³-hybridized carbons (Fsp3) is 0.0312. The van der Waals surface area contributed by atoms with Crippen LogP contribution in [-0.2, 0) is 6.61 Å². The van der Waals surface area contributed by atoms with Gasteiger partial charge in [-0.05, 0) is 60.2 Å². The van der Waals surface area contributed by atoms with Crippen LogP contribution in [-0.4, -0.2) is 19.7 Å². The zero-order valence-corrected chi connectivity index (χ0v) is 20.5. The first-order valence-corrected chi connectivity index (χ1v) is 12.3. The Morgan fingerprint density at radius 3 is 2.32 bits per heavy atom. The summed E-state index contributed by atoms with van der Waals surface area (Å²) < 4.78 is 7.79. The van der Waals surface area contributed by atoms with Gasteiger partial charge in [0.05, 0.1) is 28.0 Å². The minimum Gasteiger partial charge on any atom is -0.489 e. The number of nitriles is 1. The third-order valence-electron chi connectivity index (χ3n) is 6.20. The third-order valence-corrected chi connectivity index (χ3v) is 6.20. The molecule has 0 saturated heterocycles. The molecule has 0 spiro atoms. The summed E-state index contributed by atoms with van der Waals surface area (Å²) in [4.78, 5) is 7.87. The zero-order valence-electron chi connectivity index (χ0n) is 20.5. The van der Waals surface area contributed by atoms with E-state index in [1.54, 1.807) is 0 Å². The summed E-state index contributed by atoms with van der Waals surface area (Å²) in [7, 11) is 0. The highest BCUT2D eigenvalue weighted by atomic mass is 16.5. The molecule has 0 saturated carbocycles. The van der Waals surface area contributed by atoms with E-state index in [0.29, 0.717) is 18.0 Å². The van der Waals surface area contributed by atoms with E-state index in [1.807, 2.05) is 126 Å². The topological polar surface area (TPSA) is 79.5 Å². The van der Waals surface area contributed by atoms with Crippen LogP contribution >= 0.6 is 0 Å². The van der Waals surface area contributed by atoms with Crippen LogP contribution in [0.2, 0.25) is 0 Å². The summed E-state index contributed by atoms with van der Waals surface area (Å²) in [5, 5.41) is 14.9. The summed E-state index contributed by atoms with van der Waals surface area (Å²) in [5.41, 5.74) is 6.65. The molecule has 1 N–H and O–H groups in total. The van der Waals surface area contributed by atoms with Gasteiger partial charge < -0.3 is 9.72 Å². The molecular formula is C32H23N5O. The lowest BCUT2D eigenvalue weighted by Gasteiger charge is -2.07. The molecule has 38 heavy (non-hydrogen) atoms. The Morgan fingerprint density at radius 2 is 1.58 bits per heavy atom. The second-order valence-corrected chi connectivity index (χ2v) is 8.78. The average molecular weight is 494 g/mol. The molecule has 182 valence electrons.